The van der Waals surface area contributed by atoms with Crippen LogP contribution >= 0.6 is 0 Å². The lowest BCUT2D eigenvalue weighted by Gasteiger charge is -2.25. The molecule has 122 valence electrons. The summed E-state index contributed by atoms with van der Waals surface area (Å²) in [7, 11) is -4.04. The maximum atomic E-state index is 13.0. The topological polar surface area (TPSA) is 80.5 Å². The molecule has 0 aromatic heterocycles. The summed E-state index contributed by atoms with van der Waals surface area (Å²) >= 11 is 0. The zero-order chi connectivity index (χ0) is 17.2. The minimum Gasteiger partial charge on any atom is -0.368 e. The van der Waals surface area contributed by atoms with Gasteiger partial charge in [-0.05, 0) is 55.3 Å². The monoisotopic (exact) mass is 336 g/mol. The van der Waals surface area contributed by atoms with Crippen LogP contribution < -0.4 is 10.0 Å². The molecular weight excluding hydrogens is 319 g/mol. The van der Waals surface area contributed by atoms with Crippen molar-refractivity contribution in [3.05, 3.63) is 59.4 Å². The minimum atomic E-state index is -4.04. The van der Waals surface area contributed by atoms with Gasteiger partial charge >= 0.3 is 0 Å². The lowest BCUT2D eigenvalue weighted by Crippen LogP contribution is -2.39. The fourth-order valence-corrected chi connectivity index (χ4v) is 3.67. The Morgan fingerprint density at radius 3 is 2.30 bits per heavy atom. The van der Waals surface area contributed by atoms with Crippen LogP contribution in [0.3, 0.4) is 0 Å². The highest BCUT2D eigenvalue weighted by Crippen LogP contribution is 2.28. The van der Waals surface area contributed by atoms with E-state index < -0.39 is 28.3 Å². The first kappa shape index (κ1) is 17.0. The van der Waals surface area contributed by atoms with E-state index in [9.17, 15) is 17.6 Å². The van der Waals surface area contributed by atoms with E-state index in [1.807, 2.05) is 13.0 Å². The number of amides is 1. The molecule has 5 nitrogen and oxygen atoms in total. The Kier molecular flexibility index (Phi) is 4.70. The average molecular weight is 336 g/mol. The highest BCUT2D eigenvalue weighted by molar-refractivity contribution is 7.92. The van der Waals surface area contributed by atoms with E-state index in [-0.39, 0.29) is 4.90 Å². The Hall–Kier alpha value is -2.41. The summed E-state index contributed by atoms with van der Waals surface area (Å²) < 4.78 is 39.7. The molecule has 2 aromatic rings. The van der Waals surface area contributed by atoms with Crippen LogP contribution in [0.1, 0.15) is 11.1 Å². The minimum absolute atomic E-state index is 0.110. The molecule has 0 saturated carbocycles. The second kappa shape index (κ2) is 6.37. The zero-order valence-corrected chi connectivity index (χ0v) is 13.6. The van der Waals surface area contributed by atoms with Crippen molar-refractivity contribution in [1.82, 2.24) is 0 Å². The second-order valence-corrected chi connectivity index (χ2v) is 7.01. The van der Waals surface area contributed by atoms with E-state index in [1.165, 1.54) is 0 Å². The van der Waals surface area contributed by atoms with Gasteiger partial charge in [0, 0.05) is 0 Å². The number of hydrogen-bond donors (Lipinski definition) is 1. The Balaban J connectivity index is 2.60. The predicted molar refractivity (Wildman–Crippen MR) is 86.0 cm³/mol. The number of carbonyl (C=O) groups is 1. The summed E-state index contributed by atoms with van der Waals surface area (Å²) in [5.41, 5.74) is 7.18. The number of sulfonamides is 1. The van der Waals surface area contributed by atoms with Gasteiger partial charge in [0.25, 0.3) is 10.0 Å². The Bertz CT molecular complexity index is 833. The number of nitrogens with zero attached hydrogens (tertiary/aromatic N) is 1. The van der Waals surface area contributed by atoms with Crippen molar-refractivity contribution in [2.24, 2.45) is 5.73 Å². The van der Waals surface area contributed by atoms with Crippen LogP contribution in [0.2, 0.25) is 0 Å². The van der Waals surface area contributed by atoms with E-state index in [2.05, 4.69) is 0 Å². The number of benzene rings is 2. The molecule has 0 fully saturated rings. The van der Waals surface area contributed by atoms with Crippen LogP contribution in [0.25, 0.3) is 0 Å². The maximum Gasteiger partial charge on any atom is 0.264 e. The van der Waals surface area contributed by atoms with Crippen molar-refractivity contribution in [2.45, 2.75) is 18.7 Å². The molecule has 0 aliphatic carbocycles. The largest absolute Gasteiger partial charge is 0.368 e. The van der Waals surface area contributed by atoms with E-state index in [4.69, 9.17) is 5.73 Å². The fraction of sp³-hybridized carbons (Fsp3) is 0.188. The van der Waals surface area contributed by atoms with Crippen molar-refractivity contribution < 1.29 is 17.6 Å². The van der Waals surface area contributed by atoms with Crippen LogP contribution in [0.15, 0.2) is 47.4 Å². The lowest BCUT2D eigenvalue weighted by atomic mass is 10.1. The fourth-order valence-electron chi connectivity index (χ4n) is 2.18. The van der Waals surface area contributed by atoms with Crippen LogP contribution in [0.5, 0.6) is 0 Å². The first-order chi connectivity index (χ1) is 10.7. The molecule has 0 aliphatic rings. The third kappa shape index (κ3) is 3.50. The first-order valence-corrected chi connectivity index (χ1v) is 8.30. The van der Waals surface area contributed by atoms with Crippen molar-refractivity contribution in [2.75, 3.05) is 10.8 Å². The number of halogens is 1. The molecule has 0 bridgehead atoms. The highest BCUT2D eigenvalue weighted by Gasteiger charge is 2.27. The van der Waals surface area contributed by atoms with Crippen molar-refractivity contribution in [3.63, 3.8) is 0 Å². The summed E-state index contributed by atoms with van der Waals surface area (Å²) in [5, 5.41) is 0. The number of carbonyl (C=O) groups excluding carboxylic acids is 1. The molecule has 2 rings (SSSR count). The van der Waals surface area contributed by atoms with Gasteiger partial charge in [0.05, 0.1) is 10.6 Å². The van der Waals surface area contributed by atoms with Gasteiger partial charge in [0.15, 0.2) is 0 Å². The van der Waals surface area contributed by atoms with Crippen molar-refractivity contribution in [1.29, 1.82) is 0 Å². The smallest absolute Gasteiger partial charge is 0.264 e. The van der Waals surface area contributed by atoms with Gasteiger partial charge in [-0.25, -0.2) is 12.8 Å². The highest BCUT2D eigenvalue weighted by atomic mass is 32.2. The molecule has 0 heterocycles. The lowest BCUT2D eigenvalue weighted by molar-refractivity contribution is -0.116. The van der Waals surface area contributed by atoms with Gasteiger partial charge < -0.3 is 5.73 Å². The molecule has 23 heavy (non-hydrogen) atoms. The SMILES string of the molecule is Cc1cccc(N(CC(N)=O)S(=O)(=O)c2ccc(F)cc2)c1C. The number of nitrogens with two attached hydrogens (primary N) is 1. The van der Waals surface area contributed by atoms with Crippen molar-refractivity contribution >= 4 is 21.6 Å². The van der Waals surface area contributed by atoms with Crippen LogP contribution in [0.4, 0.5) is 10.1 Å². The predicted octanol–water partition coefficient (Wildman–Crippen LogP) is 2.12. The summed E-state index contributed by atoms with van der Waals surface area (Å²) in [6, 6.07) is 9.56. The summed E-state index contributed by atoms with van der Waals surface area (Å²) in [4.78, 5) is 11.3. The van der Waals surface area contributed by atoms with Gasteiger partial charge in [0.1, 0.15) is 12.4 Å². The third-order valence-electron chi connectivity index (χ3n) is 3.55. The normalized spacial score (nSPS) is 11.3. The van der Waals surface area contributed by atoms with Crippen LogP contribution in [-0.4, -0.2) is 20.9 Å². The Morgan fingerprint density at radius 2 is 1.74 bits per heavy atom. The van der Waals surface area contributed by atoms with E-state index >= 15 is 0 Å². The molecule has 0 atom stereocenters. The van der Waals surface area contributed by atoms with Crippen molar-refractivity contribution in [3.8, 4) is 0 Å². The number of aryl methyl sites for hydroxylation is 1. The number of primary amides is 1. The second-order valence-electron chi connectivity index (χ2n) is 5.15. The van der Waals surface area contributed by atoms with Gasteiger partial charge in [-0.1, -0.05) is 12.1 Å². The summed E-state index contributed by atoms with van der Waals surface area (Å²) in [5.74, 6) is -1.33. The number of rotatable bonds is 5. The Morgan fingerprint density at radius 1 is 1.13 bits per heavy atom. The summed E-state index contributed by atoms with van der Waals surface area (Å²) in [6.45, 7) is 3.11. The van der Waals surface area contributed by atoms with E-state index in [0.717, 1.165) is 39.7 Å². The molecule has 1 amide bonds. The first-order valence-electron chi connectivity index (χ1n) is 6.86. The molecule has 0 saturated heterocycles. The molecule has 0 unspecified atom stereocenters. The maximum absolute atomic E-state index is 13.0. The van der Waals surface area contributed by atoms with Gasteiger partial charge in [-0.15, -0.1) is 0 Å². The van der Waals surface area contributed by atoms with E-state index in [1.54, 1.807) is 19.1 Å². The van der Waals surface area contributed by atoms with Crippen LogP contribution in [-0.2, 0) is 14.8 Å². The average Bonchev–Trinajstić information content (AvgIpc) is 2.48. The standard InChI is InChI=1S/C16H17FN2O3S/c1-11-4-3-5-15(12(11)2)19(10-16(18)20)23(21,22)14-8-6-13(17)7-9-14/h3-9H,10H2,1-2H3,(H2,18,20). The molecule has 2 aromatic carbocycles. The number of hydrogen-bond acceptors (Lipinski definition) is 3. The molecular formula is C16H17FN2O3S. The van der Waals surface area contributed by atoms with Gasteiger partial charge in [-0.2, -0.15) is 0 Å². The quantitative estimate of drug-likeness (QED) is 0.908. The van der Waals surface area contributed by atoms with E-state index in [0.29, 0.717) is 5.69 Å². The summed E-state index contributed by atoms with van der Waals surface area (Å²) in [6.07, 6.45) is 0. The molecule has 7 heteroatoms. The Labute approximate surface area is 134 Å². The molecule has 0 radical (unpaired) electrons. The molecule has 0 spiro atoms. The molecule has 0 aliphatic heterocycles. The number of anilines is 1. The molecule has 2 N–H and O–H groups in total. The van der Waals surface area contributed by atoms with Gasteiger partial charge in [-0.3, -0.25) is 9.10 Å². The third-order valence-corrected chi connectivity index (χ3v) is 5.32. The van der Waals surface area contributed by atoms with Crippen LogP contribution in [0, 0.1) is 19.7 Å². The zero-order valence-electron chi connectivity index (χ0n) is 12.8. The van der Waals surface area contributed by atoms with Gasteiger partial charge in [0.2, 0.25) is 5.91 Å².